The van der Waals surface area contributed by atoms with Crippen molar-refractivity contribution in [2.75, 3.05) is 0 Å². The molecule has 0 aromatic heterocycles. The molecule has 2 aromatic carbocycles. The van der Waals surface area contributed by atoms with Crippen molar-refractivity contribution in [2.24, 2.45) is 0 Å². The molecule has 1 N–H and O–H groups in total. The zero-order valence-electron chi connectivity index (χ0n) is 11.7. The van der Waals surface area contributed by atoms with Crippen LogP contribution in [0.15, 0.2) is 42.5 Å². The zero-order chi connectivity index (χ0) is 14.5. The van der Waals surface area contributed by atoms with Gasteiger partial charge in [-0.05, 0) is 25.5 Å². The summed E-state index contributed by atoms with van der Waals surface area (Å²) < 4.78 is 5.77. The summed E-state index contributed by atoms with van der Waals surface area (Å²) in [4.78, 5) is 10.9. The molecule has 0 heterocycles. The molecule has 0 spiro atoms. The van der Waals surface area contributed by atoms with E-state index >= 15 is 0 Å². The van der Waals surface area contributed by atoms with Crippen molar-refractivity contribution >= 4 is 5.97 Å². The molecule has 2 aromatic rings. The second-order valence-electron chi connectivity index (χ2n) is 4.96. The number of carboxylic acids is 1. The van der Waals surface area contributed by atoms with Gasteiger partial charge in [0.2, 0.25) is 0 Å². The second kappa shape index (κ2) is 6.24. The molecule has 0 unspecified atom stereocenters. The van der Waals surface area contributed by atoms with E-state index in [1.807, 2.05) is 50.2 Å². The normalized spacial score (nSPS) is 10.3. The van der Waals surface area contributed by atoms with Crippen LogP contribution in [0.2, 0.25) is 0 Å². The Labute approximate surface area is 118 Å². The quantitative estimate of drug-likeness (QED) is 0.904. The molecule has 0 fully saturated rings. The lowest BCUT2D eigenvalue weighted by molar-refractivity contribution is -0.136. The topological polar surface area (TPSA) is 46.5 Å². The van der Waals surface area contributed by atoms with E-state index in [1.165, 1.54) is 5.56 Å². The first kappa shape index (κ1) is 14.1. The number of hydrogen-bond acceptors (Lipinski definition) is 2. The van der Waals surface area contributed by atoms with Crippen LogP contribution in [0.3, 0.4) is 0 Å². The molecule has 0 aliphatic heterocycles. The largest absolute Gasteiger partial charge is 0.489 e. The Morgan fingerprint density at radius 2 is 1.85 bits per heavy atom. The molecule has 0 amide bonds. The molecule has 104 valence electrons. The van der Waals surface area contributed by atoms with Crippen molar-refractivity contribution in [1.82, 2.24) is 0 Å². The smallest absolute Gasteiger partial charge is 0.307 e. The van der Waals surface area contributed by atoms with Gasteiger partial charge in [0.05, 0.1) is 6.42 Å². The number of ether oxygens (including phenoxy) is 1. The molecule has 0 saturated carbocycles. The lowest BCUT2D eigenvalue weighted by Crippen LogP contribution is -2.04. The molecule has 0 aliphatic rings. The van der Waals surface area contributed by atoms with Crippen molar-refractivity contribution in [3.63, 3.8) is 0 Å². The summed E-state index contributed by atoms with van der Waals surface area (Å²) in [6.45, 7) is 4.41. The first-order valence-corrected chi connectivity index (χ1v) is 6.54. The van der Waals surface area contributed by atoms with Crippen molar-refractivity contribution in [1.29, 1.82) is 0 Å². The standard InChI is InChI=1S/C17H18O3/c1-12-4-3-5-14(8-12)11-20-16-7-6-13(2)9-15(16)10-17(18)19/h3-9H,10-11H2,1-2H3,(H,18,19). The summed E-state index contributed by atoms with van der Waals surface area (Å²) >= 11 is 0. The van der Waals surface area contributed by atoms with E-state index in [4.69, 9.17) is 9.84 Å². The van der Waals surface area contributed by atoms with Gasteiger partial charge in [0.1, 0.15) is 12.4 Å². The van der Waals surface area contributed by atoms with E-state index in [9.17, 15) is 4.79 Å². The van der Waals surface area contributed by atoms with Crippen LogP contribution in [0.25, 0.3) is 0 Å². The fraction of sp³-hybridized carbons (Fsp3) is 0.235. The molecule has 0 saturated heterocycles. The third-order valence-electron chi connectivity index (χ3n) is 3.03. The molecule has 0 radical (unpaired) electrons. The number of carboxylic acid groups (broad SMARTS) is 1. The lowest BCUT2D eigenvalue weighted by atomic mass is 10.1. The SMILES string of the molecule is Cc1cccc(COc2ccc(C)cc2CC(=O)O)c1. The van der Waals surface area contributed by atoms with E-state index in [0.29, 0.717) is 17.9 Å². The molecular formula is C17H18O3. The molecular weight excluding hydrogens is 252 g/mol. The van der Waals surface area contributed by atoms with Crippen LogP contribution in [0, 0.1) is 13.8 Å². The van der Waals surface area contributed by atoms with Crippen LogP contribution in [-0.2, 0) is 17.8 Å². The Hall–Kier alpha value is -2.29. The molecule has 0 aliphatic carbocycles. The Bertz CT molecular complexity index is 617. The maximum Gasteiger partial charge on any atom is 0.307 e. The average Bonchev–Trinajstić information content (AvgIpc) is 2.37. The minimum atomic E-state index is -0.851. The number of benzene rings is 2. The van der Waals surface area contributed by atoms with E-state index in [1.54, 1.807) is 0 Å². The maximum absolute atomic E-state index is 10.9. The van der Waals surface area contributed by atoms with Crippen molar-refractivity contribution in [2.45, 2.75) is 26.9 Å². The number of hydrogen-bond donors (Lipinski definition) is 1. The molecule has 0 atom stereocenters. The molecule has 3 nitrogen and oxygen atoms in total. The van der Waals surface area contributed by atoms with Crippen molar-refractivity contribution in [3.8, 4) is 5.75 Å². The minimum Gasteiger partial charge on any atom is -0.489 e. The predicted octanol–water partition coefficient (Wildman–Crippen LogP) is 3.51. The van der Waals surface area contributed by atoms with Gasteiger partial charge in [-0.15, -0.1) is 0 Å². The number of rotatable bonds is 5. The van der Waals surface area contributed by atoms with Crippen LogP contribution < -0.4 is 4.74 Å². The number of carbonyl (C=O) groups is 1. The third kappa shape index (κ3) is 3.85. The molecule has 2 rings (SSSR count). The van der Waals surface area contributed by atoms with Crippen LogP contribution in [0.4, 0.5) is 0 Å². The summed E-state index contributed by atoms with van der Waals surface area (Å²) in [5.74, 6) is -0.212. The zero-order valence-corrected chi connectivity index (χ0v) is 11.7. The Morgan fingerprint density at radius 1 is 1.10 bits per heavy atom. The first-order valence-electron chi connectivity index (χ1n) is 6.54. The van der Waals surface area contributed by atoms with Gasteiger partial charge < -0.3 is 9.84 Å². The Morgan fingerprint density at radius 3 is 2.55 bits per heavy atom. The van der Waals surface area contributed by atoms with Gasteiger partial charge >= 0.3 is 5.97 Å². The highest BCUT2D eigenvalue weighted by atomic mass is 16.5. The van der Waals surface area contributed by atoms with Crippen LogP contribution in [-0.4, -0.2) is 11.1 Å². The summed E-state index contributed by atoms with van der Waals surface area (Å²) in [5, 5.41) is 8.95. The van der Waals surface area contributed by atoms with Gasteiger partial charge in [0, 0.05) is 5.56 Å². The third-order valence-corrected chi connectivity index (χ3v) is 3.03. The summed E-state index contributed by atoms with van der Waals surface area (Å²) in [5.41, 5.74) is 4.00. The second-order valence-corrected chi connectivity index (χ2v) is 4.96. The predicted molar refractivity (Wildman–Crippen MR) is 78.0 cm³/mol. The number of aliphatic carboxylic acids is 1. The molecule has 20 heavy (non-hydrogen) atoms. The fourth-order valence-electron chi connectivity index (χ4n) is 2.11. The van der Waals surface area contributed by atoms with E-state index < -0.39 is 5.97 Å². The monoisotopic (exact) mass is 270 g/mol. The highest BCUT2D eigenvalue weighted by Crippen LogP contribution is 2.22. The number of aryl methyl sites for hydroxylation is 2. The fourth-order valence-corrected chi connectivity index (χ4v) is 2.11. The summed E-state index contributed by atoms with van der Waals surface area (Å²) in [7, 11) is 0. The van der Waals surface area contributed by atoms with Crippen LogP contribution in [0.5, 0.6) is 5.75 Å². The van der Waals surface area contributed by atoms with Gasteiger partial charge in [0.25, 0.3) is 0 Å². The summed E-state index contributed by atoms with van der Waals surface area (Å²) in [6, 6.07) is 13.7. The van der Waals surface area contributed by atoms with Crippen LogP contribution >= 0.6 is 0 Å². The highest BCUT2D eigenvalue weighted by molar-refractivity contribution is 5.71. The van der Waals surface area contributed by atoms with E-state index in [-0.39, 0.29) is 6.42 Å². The summed E-state index contributed by atoms with van der Waals surface area (Å²) in [6.07, 6.45) is -0.0230. The first-order chi connectivity index (χ1) is 9.54. The van der Waals surface area contributed by atoms with Crippen LogP contribution in [0.1, 0.15) is 22.3 Å². The highest BCUT2D eigenvalue weighted by Gasteiger charge is 2.08. The molecule has 3 heteroatoms. The van der Waals surface area contributed by atoms with E-state index in [2.05, 4.69) is 6.07 Å². The van der Waals surface area contributed by atoms with Gasteiger partial charge in [-0.3, -0.25) is 4.79 Å². The van der Waals surface area contributed by atoms with Gasteiger partial charge in [0.15, 0.2) is 0 Å². The van der Waals surface area contributed by atoms with Gasteiger partial charge in [-0.2, -0.15) is 0 Å². The van der Waals surface area contributed by atoms with Gasteiger partial charge in [-0.1, -0.05) is 47.5 Å². The van der Waals surface area contributed by atoms with Gasteiger partial charge in [-0.25, -0.2) is 0 Å². The Kier molecular flexibility index (Phi) is 4.41. The molecule has 0 bridgehead atoms. The average molecular weight is 270 g/mol. The van der Waals surface area contributed by atoms with E-state index in [0.717, 1.165) is 11.1 Å². The Balaban J connectivity index is 2.14. The lowest BCUT2D eigenvalue weighted by Gasteiger charge is -2.11. The van der Waals surface area contributed by atoms with Crippen molar-refractivity contribution < 1.29 is 14.6 Å². The maximum atomic E-state index is 10.9. The minimum absolute atomic E-state index is 0.0230. The van der Waals surface area contributed by atoms with Crippen molar-refractivity contribution in [3.05, 3.63) is 64.7 Å².